The van der Waals surface area contributed by atoms with Crippen molar-refractivity contribution in [2.45, 2.75) is 44.9 Å². The van der Waals surface area contributed by atoms with Crippen LogP contribution in [0.15, 0.2) is 33.7 Å². The quantitative estimate of drug-likeness (QED) is 0.562. The van der Waals surface area contributed by atoms with Crippen LogP contribution in [-0.4, -0.2) is 37.1 Å². The molecule has 0 radical (unpaired) electrons. The highest BCUT2D eigenvalue weighted by Crippen LogP contribution is 2.32. The van der Waals surface area contributed by atoms with Gasteiger partial charge in [-0.15, -0.1) is 4.31 Å². The lowest BCUT2D eigenvalue weighted by atomic mass is 10.0. The van der Waals surface area contributed by atoms with Gasteiger partial charge in [0.05, 0.1) is 5.69 Å². The molecule has 0 aliphatic carbocycles. The van der Waals surface area contributed by atoms with Crippen LogP contribution < -0.4 is 0 Å². The number of nitrogens with zero attached hydrogens (tertiary/aromatic N) is 4. The van der Waals surface area contributed by atoms with E-state index in [1.807, 2.05) is 31.2 Å². The van der Waals surface area contributed by atoms with Gasteiger partial charge in [-0.25, -0.2) is 9.97 Å². The average Bonchev–Trinajstić information content (AvgIpc) is 2.93. The predicted molar refractivity (Wildman–Crippen MR) is 114 cm³/mol. The normalized spacial score (nSPS) is 16.7. The van der Waals surface area contributed by atoms with Crippen LogP contribution in [0.1, 0.15) is 35.5 Å². The van der Waals surface area contributed by atoms with Crippen LogP contribution in [0.25, 0.3) is 11.3 Å². The van der Waals surface area contributed by atoms with Crippen molar-refractivity contribution in [1.29, 1.82) is 0 Å². The summed E-state index contributed by atoms with van der Waals surface area (Å²) in [6.07, 6.45) is 1.75. The summed E-state index contributed by atoms with van der Waals surface area (Å²) in [6.45, 7) is 5.97. The summed E-state index contributed by atoms with van der Waals surface area (Å²) in [6, 6.07) is 7.55. The molecule has 0 saturated heterocycles. The minimum Gasteiger partial charge on any atom is -0.593 e. The fourth-order valence-electron chi connectivity index (χ4n) is 3.85. The standard InChI is InChI=1S/C21H23ClN4O3S/c1-4-19-23-18-10-12-26(30(27,28)21-13(2)25-29-14(21)3)11-9-17(18)20(24-19)15-5-7-16(22)8-6-15/h5-8H,4,9-12H2,1-3H3. The number of fused-ring (bicyclic) bond motifs is 1. The summed E-state index contributed by atoms with van der Waals surface area (Å²) < 4.78 is 33.2. The molecule has 0 fully saturated rings. The van der Waals surface area contributed by atoms with Gasteiger partial charge in [-0.1, -0.05) is 40.0 Å². The molecule has 30 heavy (non-hydrogen) atoms. The van der Waals surface area contributed by atoms with Gasteiger partial charge in [-0.05, 0) is 25.5 Å². The monoisotopic (exact) mass is 446 g/mol. The van der Waals surface area contributed by atoms with E-state index in [1.54, 1.807) is 13.8 Å². The summed E-state index contributed by atoms with van der Waals surface area (Å²) in [5, 5.41) is 4.47. The molecule has 7 nitrogen and oxygen atoms in total. The number of hydrogen-bond donors (Lipinski definition) is 0. The Bertz CT molecular complexity index is 1110. The zero-order valence-electron chi connectivity index (χ0n) is 17.1. The van der Waals surface area contributed by atoms with E-state index in [1.165, 1.54) is 4.31 Å². The van der Waals surface area contributed by atoms with E-state index >= 15 is 0 Å². The Hall–Kier alpha value is -2.13. The Labute approximate surface area is 181 Å². The minimum atomic E-state index is -3.71. The molecular formula is C21H23ClN4O3S. The third-order valence-electron chi connectivity index (χ3n) is 5.35. The van der Waals surface area contributed by atoms with Crippen LogP contribution in [-0.2, 0) is 33.9 Å². The predicted octanol–water partition coefficient (Wildman–Crippen LogP) is 3.97. The molecule has 0 amide bonds. The molecule has 1 aliphatic rings. The second kappa shape index (κ2) is 8.19. The second-order valence-corrected chi connectivity index (χ2v) is 9.64. The van der Waals surface area contributed by atoms with Crippen molar-refractivity contribution >= 4 is 22.0 Å². The van der Waals surface area contributed by atoms with Gasteiger partial charge in [0.1, 0.15) is 11.5 Å². The van der Waals surface area contributed by atoms with E-state index in [2.05, 4.69) is 5.16 Å². The van der Waals surface area contributed by atoms with Crippen molar-refractivity contribution in [3.05, 3.63) is 57.8 Å². The van der Waals surface area contributed by atoms with Gasteiger partial charge >= 0.3 is 0 Å². The largest absolute Gasteiger partial charge is 0.593 e. The average molecular weight is 447 g/mol. The van der Waals surface area contributed by atoms with Gasteiger partial charge in [-0.2, -0.15) is 0 Å². The van der Waals surface area contributed by atoms with Gasteiger partial charge in [0.15, 0.2) is 16.2 Å². The van der Waals surface area contributed by atoms with Crippen LogP contribution >= 0.6 is 11.6 Å². The fraction of sp³-hybridized carbons (Fsp3) is 0.381. The molecule has 3 aromatic rings. The summed E-state index contributed by atoms with van der Waals surface area (Å²) in [7, 11) is -3.71. The van der Waals surface area contributed by atoms with Gasteiger partial charge in [0.25, 0.3) is 0 Å². The van der Waals surface area contributed by atoms with E-state index in [4.69, 9.17) is 26.1 Å². The minimum absolute atomic E-state index is 0.159. The Morgan fingerprint density at radius 2 is 1.87 bits per heavy atom. The van der Waals surface area contributed by atoms with Crippen molar-refractivity contribution in [1.82, 2.24) is 19.4 Å². The smallest absolute Gasteiger partial charge is 0.240 e. The first kappa shape index (κ1) is 21.1. The summed E-state index contributed by atoms with van der Waals surface area (Å²) in [5.41, 5.74) is 4.08. The lowest BCUT2D eigenvalue weighted by Crippen LogP contribution is -2.38. The molecular weight excluding hydrogens is 424 g/mol. The highest BCUT2D eigenvalue weighted by Gasteiger charge is 2.38. The topological polar surface area (TPSA) is 95.2 Å². The molecule has 0 N–H and O–H groups in total. The van der Waals surface area contributed by atoms with E-state index in [0.717, 1.165) is 28.3 Å². The first-order chi connectivity index (χ1) is 14.3. The van der Waals surface area contributed by atoms with Gasteiger partial charge < -0.3 is 9.08 Å². The number of hydrogen-bond acceptors (Lipinski definition) is 6. The molecule has 0 spiro atoms. The van der Waals surface area contributed by atoms with E-state index < -0.39 is 10.4 Å². The molecule has 1 aliphatic heterocycles. The molecule has 9 heteroatoms. The third kappa shape index (κ3) is 3.80. The number of aryl methyl sites for hydroxylation is 3. The highest BCUT2D eigenvalue weighted by molar-refractivity contribution is 7.95. The molecule has 158 valence electrons. The molecule has 1 unspecified atom stereocenters. The van der Waals surface area contributed by atoms with E-state index in [-0.39, 0.29) is 4.90 Å². The lowest BCUT2D eigenvalue weighted by Gasteiger charge is -2.25. The Balaban J connectivity index is 1.72. The first-order valence-electron chi connectivity index (χ1n) is 9.89. The van der Waals surface area contributed by atoms with Crippen molar-refractivity contribution < 1.29 is 13.3 Å². The zero-order chi connectivity index (χ0) is 21.5. The fourth-order valence-corrected chi connectivity index (χ4v) is 5.71. The number of sulfonamides is 1. The van der Waals surface area contributed by atoms with Crippen molar-refractivity contribution in [2.75, 3.05) is 13.1 Å². The highest BCUT2D eigenvalue weighted by atomic mass is 35.5. The summed E-state index contributed by atoms with van der Waals surface area (Å²) in [5.74, 6) is 1.06. The number of rotatable bonds is 4. The van der Waals surface area contributed by atoms with Crippen LogP contribution in [0.4, 0.5) is 0 Å². The summed E-state index contributed by atoms with van der Waals surface area (Å²) in [4.78, 5) is 9.64. The Morgan fingerprint density at radius 1 is 1.17 bits per heavy atom. The van der Waals surface area contributed by atoms with E-state index in [0.29, 0.717) is 48.8 Å². The molecule has 1 atom stereocenters. The first-order valence-corrected chi connectivity index (χ1v) is 11.7. The maximum Gasteiger partial charge on any atom is 0.240 e. The molecule has 0 saturated carbocycles. The second-order valence-electron chi connectivity index (χ2n) is 7.33. The Kier molecular flexibility index (Phi) is 5.76. The maximum absolute atomic E-state index is 13.3. The van der Waals surface area contributed by atoms with Crippen LogP contribution in [0.2, 0.25) is 5.02 Å². The van der Waals surface area contributed by atoms with Crippen molar-refractivity contribution in [3.8, 4) is 11.3 Å². The van der Waals surface area contributed by atoms with Gasteiger partial charge in [0, 0.05) is 54.7 Å². The van der Waals surface area contributed by atoms with Crippen molar-refractivity contribution in [3.63, 3.8) is 0 Å². The molecule has 2 aromatic heterocycles. The van der Waals surface area contributed by atoms with Crippen LogP contribution in [0.5, 0.6) is 0 Å². The van der Waals surface area contributed by atoms with Crippen LogP contribution in [0, 0.1) is 13.8 Å². The molecule has 1 aromatic carbocycles. The maximum atomic E-state index is 13.3. The number of aromatic nitrogens is 3. The lowest BCUT2D eigenvalue weighted by molar-refractivity contribution is 0.358. The molecule has 4 rings (SSSR count). The van der Waals surface area contributed by atoms with Gasteiger partial charge in [-0.3, -0.25) is 0 Å². The van der Waals surface area contributed by atoms with Gasteiger partial charge in [0.2, 0.25) is 4.90 Å². The SMILES string of the molecule is CCc1nc2c(c(-c3ccc(Cl)cc3)n1)CCN([S+](=O)([O-])c1c(C)noc1C)CC2. The summed E-state index contributed by atoms with van der Waals surface area (Å²) >= 11 is 6.05. The number of halogens is 1. The molecule has 0 bridgehead atoms. The van der Waals surface area contributed by atoms with Crippen molar-refractivity contribution in [2.24, 2.45) is 0 Å². The third-order valence-corrected chi connectivity index (χ3v) is 7.74. The Morgan fingerprint density at radius 3 is 2.50 bits per heavy atom. The zero-order valence-corrected chi connectivity index (χ0v) is 18.7. The number of benzene rings is 1. The van der Waals surface area contributed by atoms with Crippen LogP contribution in [0.3, 0.4) is 0 Å². The molecule has 3 heterocycles. The van der Waals surface area contributed by atoms with E-state index in [9.17, 15) is 8.76 Å².